The number of rotatable bonds is 1. The number of halogens is 3. The van der Waals surface area contributed by atoms with Crippen molar-refractivity contribution in [1.29, 1.82) is 0 Å². The van der Waals surface area contributed by atoms with Crippen molar-refractivity contribution >= 4 is 23.4 Å². The van der Waals surface area contributed by atoms with Crippen LogP contribution in [-0.2, 0) is 20.6 Å². The first-order valence-corrected chi connectivity index (χ1v) is 7.21. The Hall–Kier alpha value is -2.58. The van der Waals surface area contributed by atoms with Gasteiger partial charge >= 0.3 is 18.0 Å². The molecule has 3 amide bonds. The standard InChI is InChI=1S/C15H16F3N3O3/c1-10(22)20-5-7-21(8-6-20)14(24)13(23)19-12-4-2-3-11(9-12)15(16,17)18/h2-4,9H,5-8H2,1H3,(H,19,23). The van der Waals surface area contributed by atoms with E-state index in [0.717, 1.165) is 18.2 Å². The Morgan fingerprint density at radius 3 is 2.17 bits per heavy atom. The van der Waals surface area contributed by atoms with E-state index in [1.807, 2.05) is 0 Å². The summed E-state index contributed by atoms with van der Waals surface area (Å²) in [5, 5.41) is 2.17. The maximum atomic E-state index is 12.6. The van der Waals surface area contributed by atoms with Gasteiger partial charge in [-0.3, -0.25) is 14.4 Å². The number of piperazine rings is 1. The smallest absolute Gasteiger partial charge is 0.339 e. The molecule has 0 saturated carbocycles. The highest BCUT2D eigenvalue weighted by Gasteiger charge is 2.31. The van der Waals surface area contributed by atoms with Gasteiger partial charge in [-0.1, -0.05) is 6.07 Å². The van der Waals surface area contributed by atoms with Gasteiger partial charge in [0.15, 0.2) is 0 Å². The van der Waals surface area contributed by atoms with Crippen molar-refractivity contribution in [3.8, 4) is 0 Å². The lowest BCUT2D eigenvalue weighted by molar-refractivity contribution is -0.145. The highest BCUT2D eigenvalue weighted by molar-refractivity contribution is 6.39. The van der Waals surface area contributed by atoms with Crippen LogP contribution in [0.25, 0.3) is 0 Å². The van der Waals surface area contributed by atoms with Crippen LogP contribution in [0, 0.1) is 0 Å². The quantitative estimate of drug-likeness (QED) is 0.782. The molecule has 0 unspecified atom stereocenters. The van der Waals surface area contributed by atoms with E-state index in [1.165, 1.54) is 17.9 Å². The van der Waals surface area contributed by atoms with E-state index in [9.17, 15) is 27.6 Å². The average Bonchev–Trinajstić information content (AvgIpc) is 2.53. The van der Waals surface area contributed by atoms with E-state index in [1.54, 1.807) is 4.90 Å². The molecule has 0 bridgehead atoms. The first kappa shape index (κ1) is 17.8. The van der Waals surface area contributed by atoms with Crippen molar-refractivity contribution in [3.63, 3.8) is 0 Å². The zero-order valence-corrected chi connectivity index (χ0v) is 12.9. The van der Waals surface area contributed by atoms with Gasteiger partial charge < -0.3 is 15.1 Å². The SMILES string of the molecule is CC(=O)N1CCN(C(=O)C(=O)Nc2cccc(C(F)(F)F)c2)CC1. The van der Waals surface area contributed by atoms with E-state index < -0.39 is 23.6 Å². The van der Waals surface area contributed by atoms with E-state index in [-0.39, 0.29) is 24.7 Å². The molecule has 1 heterocycles. The molecule has 1 N–H and O–H groups in total. The second kappa shape index (κ2) is 6.90. The van der Waals surface area contributed by atoms with Crippen molar-refractivity contribution < 1.29 is 27.6 Å². The van der Waals surface area contributed by atoms with Crippen LogP contribution in [-0.4, -0.2) is 53.7 Å². The van der Waals surface area contributed by atoms with Crippen LogP contribution in [0.2, 0.25) is 0 Å². The lowest BCUT2D eigenvalue weighted by Crippen LogP contribution is -2.52. The molecular formula is C15H16F3N3O3. The van der Waals surface area contributed by atoms with Gasteiger partial charge in [0, 0.05) is 38.8 Å². The van der Waals surface area contributed by atoms with Crippen molar-refractivity contribution in [2.24, 2.45) is 0 Å². The minimum atomic E-state index is -4.53. The summed E-state index contributed by atoms with van der Waals surface area (Å²) in [7, 11) is 0. The molecule has 2 rings (SSSR count). The summed E-state index contributed by atoms with van der Waals surface area (Å²) in [5.41, 5.74) is -1.02. The van der Waals surface area contributed by atoms with Crippen LogP contribution in [0.15, 0.2) is 24.3 Å². The number of carbonyl (C=O) groups is 3. The Morgan fingerprint density at radius 1 is 1.04 bits per heavy atom. The summed E-state index contributed by atoms with van der Waals surface area (Å²) in [6.07, 6.45) is -4.53. The molecule has 1 aromatic carbocycles. The van der Waals surface area contributed by atoms with Crippen LogP contribution in [0.4, 0.5) is 18.9 Å². The highest BCUT2D eigenvalue weighted by Crippen LogP contribution is 2.30. The number of anilines is 1. The first-order chi connectivity index (χ1) is 11.2. The molecule has 0 aliphatic carbocycles. The number of carbonyl (C=O) groups excluding carboxylic acids is 3. The summed E-state index contributed by atoms with van der Waals surface area (Å²) >= 11 is 0. The zero-order valence-electron chi connectivity index (χ0n) is 12.9. The molecule has 24 heavy (non-hydrogen) atoms. The van der Waals surface area contributed by atoms with Gasteiger partial charge in [-0.15, -0.1) is 0 Å². The average molecular weight is 343 g/mol. The summed E-state index contributed by atoms with van der Waals surface area (Å²) in [6, 6.07) is 4.06. The monoisotopic (exact) mass is 343 g/mol. The van der Waals surface area contributed by atoms with Crippen LogP contribution < -0.4 is 5.32 Å². The van der Waals surface area contributed by atoms with E-state index in [0.29, 0.717) is 13.1 Å². The molecule has 6 nitrogen and oxygen atoms in total. The van der Waals surface area contributed by atoms with E-state index >= 15 is 0 Å². The topological polar surface area (TPSA) is 69.7 Å². The predicted octanol–water partition coefficient (Wildman–Crippen LogP) is 1.33. The van der Waals surface area contributed by atoms with Gasteiger partial charge in [0.25, 0.3) is 0 Å². The fourth-order valence-electron chi connectivity index (χ4n) is 2.33. The molecule has 0 atom stereocenters. The Morgan fingerprint density at radius 2 is 1.62 bits per heavy atom. The number of nitrogens with zero attached hydrogens (tertiary/aromatic N) is 2. The van der Waals surface area contributed by atoms with Crippen molar-refractivity contribution in [2.75, 3.05) is 31.5 Å². The third kappa shape index (κ3) is 4.24. The van der Waals surface area contributed by atoms with Crippen molar-refractivity contribution in [1.82, 2.24) is 9.80 Å². The van der Waals surface area contributed by atoms with Gasteiger partial charge in [0.1, 0.15) is 0 Å². The Kier molecular flexibility index (Phi) is 5.10. The van der Waals surface area contributed by atoms with Gasteiger partial charge in [-0.2, -0.15) is 13.2 Å². The minimum absolute atomic E-state index is 0.106. The lowest BCUT2D eigenvalue weighted by atomic mass is 10.2. The molecule has 9 heteroatoms. The number of amides is 3. The van der Waals surface area contributed by atoms with Crippen LogP contribution in [0.3, 0.4) is 0 Å². The zero-order chi connectivity index (χ0) is 17.9. The molecule has 1 saturated heterocycles. The summed E-state index contributed by atoms with van der Waals surface area (Å²) in [5.74, 6) is -1.96. The van der Waals surface area contributed by atoms with Crippen LogP contribution in [0.5, 0.6) is 0 Å². The summed E-state index contributed by atoms with van der Waals surface area (Å²) in [4.78, 5) is 38.0. The van der Waals surface area contributed by atoms with E-state index in [2.05, 4.69) is 5.32 Å². The van der Waals surface area contributed by atoms with Gasteiger partial charge in [-0.25, -0.2) is 0 Å². The minimum Gasteiger partial charge on any atom is -0.339 e. The molecule has 1 aliphatic heterocycles. The third-order valence-corrected chi connectivity index (χ3v) is 3.65. The molecule has 0 aromatic heterocycles. The number of benzene rings is 1. The van der Waals surface area contributed by atoms with Crippen LogP contribution in [0.1, 0.15) is 12.5 Å². The molecular weight excluding hydrogens is 327 g/mol. The van der Waals surface area contributed by atoms with Gasteiger partial charge in [0.05, 0.1) is 5.56 Å². The van der Waals surface area contributed by atoms with Crippen molar-refractivity contribution in [3.05, 3.63) is 29.8 Å². The normalized spacial score (nSPS) is 15.2. The number of hydrogen-bond acceptors (Lipinski definition) is 3. The maximum Gasteiger partial charge on any atom is 0.416 e. The van der Waals surface area contributed by atoms with Crippen LogP contribution >= 0.6 is 0 Å². The number of nitrogens with one attached hydrogen (secondary N) is 1. The van der Waals surface area contributed by atoms with Gasteiger partial charge in [-0.05, 0) is 18.2 Å². The molecule has 1 fully saturated rings. The summed E-state index contributed by atoms with van der Waals surface area (Å²) < 4.78 is 37.9. The fraction of sp³-hybridized carbons (Fsp3) is 0.400. The first-order valence-electron chi connectivity index (χ1n) is 7.21. The Balaban J connectivity index is 1.98. The molecule has 1 aliphatic rings. The number of alkyl halides is 3. The lowest BCUT2D eigenvalue weighted by Gasteiger charge is -2.33. The second-order valence-corrected chi connectivity index (χ2v) is 5.33. The molecule has 0 spiro atoms. The molecule has 130 valence electrons. The van der Waals surface area contributed by atoms with Gasteiger partial charge in [0.2, 0.25) is 5.91 Å². The largest absolute Gasteiger partial charge is 0.416 e. The third-order valence-electron chi connectivity index (χ3n) is 3.65. The number of hydrogen-bond donors (Lipinski definition) is 1. The highest BCUT2D eigenvalue weighted by atomic mass is 19.4. The molecule has 1 aromatic rings. The molecule has 0 radical (unpaired) electrons. The Bertz CT molecular complexity index is 653. The summed E-state index contributed by atoms with van der Waals surface area (Å²) in [6.45, 7) is 2.45. The fourth-order valence-corrected chi connectivity index (χ4v) is 2.33. The predicted molar refractivity (Wildman–Crippen MR) is 78.9 cm³/mol. The van der Waals surface area contributed by atoms with Crippen molar-refractivity contribution in [2.45, 2.75) is 13.1 Å². The Labute approximate surface area is 136 Å². The maximum absolute atomic E-state index is 12.6. The van der Waals surface area contributed by atoms with E-state index in [4.69, 9.17) is 0 Å². The second-order valence-electron chi connectivity index (χ2n) is 5.33.